The lowest BCUT2D eigenvalue weighted by Crippen LogP contribution is -2.23. The second-order valence-electron chi connectivity index (χ2n) is 15.0. The molecule has 1 aliphatic rings. The van der Waals surface area contributed by atoms with Gasteiger partial charge in [-0.05, 0) is 93.9 Å². The molecule has 1 aliphatic carbocycles. The zero-order valence-corrected chi connectivity index (χ0v) is 30.8. The van der Waals surface area contributed by atoms with Crippen LogP contribution in [0.3, 0.4) is 0 Å². The first-order valence-electron chi connectivity index (χ1n) is 19.1. The Kier molecular flexibility index (Phi) is 6.93. The molecule has 10 aromatic rings. The van der Waals surface area contributed by atoms with Crippen LogP contribution in [0.2, 0.25) is 0 Å². The van der Waals surface area contributed by atoms with Crippen molar-refractivity contribution in [1.29, 1.82) is 0 Å². The van der Waals surface area contributed by atoms with Crippen molar-refractivity contribution in [2.45, 2.75) is 19.3 Å². The summed E-state index contributed by atoms with van der Waals surface area (Å²) in [5.74, 6) is 0. The Balaban J connectivity index is 1.25. The number of furan rings is 1. The van der Waals surface area contributed by atoms with Crippen LogP contribution in [0, 0.1) is 6.92 Å². The van der Waals surface area contributed by atoms with Gasteiger partial charge in [0.25, 0.3) is 0 Å². The Morgan fingerprint density at radius 1 is 0.491 bits per heavy atom. The molecule has 1 atom stereocenters. The van der Waals surface area contributed by atoms with Crippen molar-refractivity contribution < 1.29 is 4.42 Å². The van der Waals surface area contributed by atoms with Gasteiger partial charge in [0.1, 0.15) is 11.2 Å². The number of anilines is 3. The van der Waals surface area contributed by atoms with E-state index in [1.807, 2.05) is 0 Å². The third-order valence-electron chi connectivity index (χ3n) is 12.0. The van der Waals surface area contributed by atoms with E-state index in [2.05, 4.69) is 207 Å². The van der Waals surface area contributed by atoms with Crippen molar-refractivity contribution in [2.24, 2.45) is 0 Å². The summed E-state index contributed by atoms with van der Waals surface area (Å²) in [5, 5.41) is 7.07. The molecule has 260 valence electrons. The topological polar surface area (TPSA) is 16.4 Å². The molecule has 0 amide bonds. The summed E-state index contributed by atoms with van der Waals surface area (Å²) in [5.41, 5.74) is 14.9. The number of aryl methyl sites for hydroxylation is 1. The lowest BCUT2D eigenvalue weighted by atomic mass is 9.74. The molecular weight excluding hydrogens is 667 g/mol. The Morgan fingerprint density at radius 2 is 1.20 bits per heavy atom. The van der Waals surface area contributed by atoms with Crippen LogP contribution >= 0.6 is 0 Å². The molecule has 0 fully saturated rings. The molecule has 0 spiro atoms. The zero-order chi connectivity index (χ0) is 36.7. The van der Waals surface area contributed by atoms with Crippen molar-refractivity contribution >= 4 is 60.5 Å². The van der Waals surface area contributed by atoms with Crippen LogP contribution in [0.15, 0.2) is 192 Å². The molecule has 1 heterocycles. The number of hydrogen-bond acceptors (Lipinski definition) is 2. The molecule has 11 rings (SSSR count). The van der Waals surface area contributed by atoms with Gasteiger partial charge in [0.05, 0.1) is 11.4 Å². The van der Waals surface area contributed by atoms with Gasteiger partial charge in [-0.2, -0.15) is 0 Å². The van der Waals surface area contributed by atoms with E-state index >= 15 is 0 Å². The molecule has 0 radical (unpaired) electrons. The number of fused-ring (bicyclic) bond motifs is 10. The molecule has 2 heteroatoms. The second kappa shape index (κ2) is 12.1. The maximum Gasteiger partial charge on any atom is 0.143 e. The van der Waals surface area contributed by atoms with Gasteiger partial charge in [-0.25, -0.2) is 0 Å². The smallest absolute Gasteiger partial charge is 0.143 e. The molecule has 0 aliphatic heterocycles. The fourth-order valence-corrected chi connectivity index (χ4v) is 9.44. The largest absolute Gasteiger partial charge is 0.455 e. The molecule has 1 unspecified atom stereocenters. The van der Waals surface area contributed by atoms with Crippen molar-refractivity contribution in [3.63, 3.8) is 0 Å². The monoisotopic (exact) mass is 703 g/mol. The van der Waals surface area contributed by atoms with E-state index in [0.717, 1.165) is 49.8 Å². The molecule has 2 nitrogen and oxygen atoms in total. The molecule has 0 saturated heterocycles. The summed E-state index contributed by atoms with van der Waals surface area (Å²) in [7, 11) is 0. The van der Waals surface area contributed by atoms with Gasteiger partial charge >= 0.3 is 0 Å². The minimum absolute atomic E-state index is 0.375. The summed E-state index contributed by atoms with van der Waals surface area (Å²) in [6.07, 6.45) is 0. The second-order valence-corrected chi connectivity index (χ2v) is 15.0. The maximum absolute atomic E-state index is 6.67. The molecule has 0 saturated carbocycles. The average Bonchev–Trinajstić information content (AvgIpc) is 3.76. The third-order valence-corrected chi connectivity index (χ3v) is 12.0. The van der Waals surface area contributed by atoms with Gasteiger partial charge in [-0.3, -0.25) is 0 Å². The fraction of sp³-hybridized carbons (Fsp3) is 0.0566. The number of rotatable bonds is 5. The molecular formula is C53H37NO. The van der Waals surface area contributed by atoms with Crippen LogP contribution in [-0.4, -0.2) is 0 Å². The van der Waals surface area contributed by atoms with Gasteiger partial charge in [0, 0.05) is 38.2 Å². The SMILES string of the molecule is Cc1cccc2oc3c4ccccc4c(N(c4ccc5c(c4)C(C)(c4ccccc4)c4ccc6ccccc6c4-5)c4ccccc4-c4ccccc4)cc3c12. The fourth-order valence-electron chi connectivity index (χ4n) is 9.44. The molecule has 55 heavy (non-hydrogen) atoms. The van der Waals surface area contributed by atoms with Gasteiger partial charge in [0.15, 0.2) is 0 Å². The number of nitrogens with zero attached hydrogens (tertiary/aromatic N) is 1. The zero-order valence-electron chi connectivity index (χ0n) is 30.8. The Morgan fingerprint density at radius 3 is 2.04 bits per heavy atom. The normalized spacial score (nSPS) is 14.8. The Hall–Kier alpha value is -6.90. The highest BCUT2D eigenvalue weighted by atomic mass is 16.3. The van der Waals surface area contributed by atoms with Crippen LogP contribution in [0.4, 0.5) is 17.1 Å². The van der Waals surface area contributed by atoms with E-state index in [9.17, 15) is 0 Å². The van der Waals surface area contributed by atoms with Gasteiger partial charge in [0.2, 0.25) is 0 Å². The first-order chi connectivity index (χ1) is 27.1. The average molecular weight is 704 g/mol. The highest BCUT2D eigenvalue weighted by Crippen LogP contribution is 2.56. The highest BCUT2D eigenvalue weighted by molar-refractivity contribution is 6.20. The summed E-state index contributed by atoms with van der Waals surface area (Å²) in [6.45, 7) is 4.59. The molecule has 9 aromatic carbocycles. The lowest BCUT2D eigenvalue weighted by Gasteiger charge is -2.32. The van der Waals surface area contributed by atoms with E-state index in [4.69, 9.17) is 4.42 Å². The predicted molar refractivity (Wildman–Crippen MR) is 231 cm³/mol. The summed E-state index contributed by atoms with van der Waals surface area (Å²) >= 11 is 0. The minimum Gasteiger partial charge on any atom is -0.455 e. The van der Waals surface area contributed by atoms with Crippen molar-refractivity contribution in [3.8, 4) is 22.3 Å². The number of hydrogen-bond donors (Lipinski definition) is 0. The van der Waals surface area contributed by atoms with E-state index < -0.39 is 0 Å². The first-order valence-corrected chi connectivity index (χ1v) is 19.1. The van der Waals surface area contributed by atoms with Gasteiger partial charge < -0.3 is 9.32 Å². The molecule has 0 bridgehead atoms. The van der Waals surface area contributed by atoms with Crippen LogP contribution in [0.25, 0.3) is 65.7 Å². The summed E-state index contributed by atoms with van der Waals surface area (Å²) < 4.78 is 6.67. The van der Waals surface area contributed by atoms with Crippen LogP contribution < -0.4 is 4.90 Å². The van der Waals surface area contributed by atoms with Crippen LogP contribution in [0.5, 0.6) is 0 Å². The van der Waals surface area contributed by atoms with Crippen molar-refractivity contribution in [2.75, 3.05) is 4.90 Å². The Labute approximate surface area is 320 Å². The molecule has 1 aromatic heterocycles. The molecule has 0 N–H and O–H groups in total. The first kappa shape index (κ1) is 31.6. The maximum atomic E-state index is 6.67. The third kappa shape index (κ3) is 4.61. The van der Waals surface area contributed by atoms with Gasteiger partial charge in [-0.1, -0.05) is 158 Å². The van der Waals surface area contributed by atoms with E-state index in [1.54, 1.807) is 0 Å². The Bertz CT molecular complexity index is 3120. The van der Waals surface area contributed by atoms with E-state index in [1.165, 1.54) is 55.3 Å². The van der Waals surface area contributed by atoms with Crippen LogP contribution in [0.1, 0.15) is 29.2 Å². The van der Waals surface area contributed by atoms with Crippen molar-refractivity contribution in [3.05, 3.63) is 210 Å². The minimum atomic E-state index is -0.375. The van der Waals surface area contributed by atoms with E-state index in [0.29, 0.717) is 0 Å². The van der Waals surface area contributed by atoms with Crippen molar-refractivity contribution in [1.82, 2.24) is 0 Å². The summed E-state index contributed by atoms with van der Waals surface area (Å²) in [6, 6.07) is 68.7. The quantitative estimate of drug-likeness (QED) is 0.177. The predicted octanol–water partition coefficient (Wildman–Crippen LogP) is 14.7. The standard InChI is InChI=1S/C53H37NO/c1-34-16-15-27-49-50(34)44-33-48(41-24-11-12-25-42(41)52(44)55-49)54(47-26-14-13-22-39(47)35-17-5-3-6-18-35)38-29-30-43-46(32-38)53(2,37-20-7-4-8-21-37)45-31-28-36-19-9-10-23-40(36)51(43)45/h3-33H,1-2H3. The van der Waals surface area contributed by atoms with E-state index in [-0.39, 0.29) is 5.41 Å². The highest BCUT2D eigenvalue weighted by Gasteiger charge is 2.42. The number of para-hydroxylation sites is 1. The lowest BCUT2D eigenvalue weighted by molar-refractivity contribution is 0.672. The number of benzene rings is 9. The van der Waals surface area contributed by atoms with Gasteiger partial charge in [-0.15, -0.1) is 0 Å². The summed E-state index contributed by atoms with van der Waals surface area (Å²) in [4.78, 5) is 2.49. The van der Waals surface area contributed by atoms with Crippen LogP contribution in [-0.2, 0) is 5.41 Å².